The summed E-state index contributed by atoms with van der Waals surface area (Å²) in [4.78, 5) is 7.62. The molecule has 0 aromatic carbocycles. The van der Waals surface area contributed by atoms with Gasteiger partial charge in [0.05, 0.1) is 0 Å². The highest BCUT2D eigenvalue weighted by Crippen LogP contribution is 2.20. The van der Waals surface area contributed by atoms with Crippen LogP contribution >= 0.6 is 11.6 Å². The predicted molar refractivity (Wildman–Crippen MR) is 69.0 cm³/mol. The Morgan fingerprint density at radius 2 is 2.00 bits per heavy atom. The van der Waals surface area contributed by atoms with Gasteiger partial charge in [-0.1, -0.05) is 17.7 Å². The van der Waals surface area contributed by atoms with Crippen molar-refractivity contribution in [1.29, 1.82) is 0 Å². The molecule has 94 valence electrons. The Balaban J connectivity index is 2.33. The lowest BCUT2D eigenvalue weighted by Gasteiger charge is -2.07. The van der Waals surface area contributed by atoms with Gasteiger partial charge in [0.2, 0.25) is 0 Å². The van der Waals surface area contributed by atoms with E-state index in [9.17, 15) is 8.42 Å². The highest BCUT2D eigenvalue weighted by molar-refractivity contribution is 7.92. The molecule has 0 saturated carbocycles. The summed E-state index contributed by atoms with van der Waals surface area (Å²) in [5, 5.41) is -0.0721. The molecule has 0 aliphatic heterocycles. The summed E-state index contributed by atoms with van der Waals surface area (Å²) in [5.41, 5.74) is 0.942. The van der Waals surface area contributed by atoms with Crippen molar-refractivity contribution >= 4 is 27.4 Å². The van der Waals surface area contributed by atoms with E-state index in [0.29, 0.717) is 0 Å². The monoisotopic (exact) mass is 283 g/mol. The Hall–Kier alpha value is -1.66. The Labute approximate surface area is 110 Å². The number of nitrogens with one attached hydrogen (secondary N) is 1. The van der Waals surface area contributed by atoms with Gasteiger partial charge in [-0.05, 0) is 30.7 Å². The van der Waals surface area contributed by atoms with Crippen LogP contribution < -0.4 is 4.72 Å². The lowest BCUT2D eigenvalue weighted by atomic mass is 10.3. The minimum absolute atomic E-state index is 0.0721. The second kappa shape index (κ2) is 4.91. The summed E-state index contributed by atoms with van der Waals surface area (Å²) in [5.74, 6) is 0.237. The zero-order valence-electron chi connectivity index (χ0n) is 9.46. The van der Waals surface area contributed by atoms with E-state index in [0.717, 1.165) is 5.56 Å². The molecule has 0 radical (unpaired) electrons. The summed E-state index contributed by atoms with van der Waals surface area (Å²) in [6.45, 7) is 1.86. The number of rotatable bonds is 3. The quantitative estimate of drug-likeness (QED) is 0.877. The smallest absolute Gasteiger partial charge is 0.263 e. The first-order valence-electron chi connectivity index (χ1n) is 5.05. The van der Waals surface area contributed by atoms with Crippen LogP contribution in [0.1, 0.15) is 5.56 Å². The molecular formula is C11H10ClN3O2S. The third-order valence-electron chi connectivity index (χ3n) is 2.16. The van der Waals surface area contributed by atoms with Gasteiger partial charge in [-0.2, -0.15) is 0 Å². The Morgan fingerprint density at radius 1 is 1.22 bits per heavy atom. The number of anilines is 1. The highest BCUT2D eigenvalue weighted by atomic mass is 35.5. The van der Waals surface area contributed by atoms with Gasteiger partial charge in [0, 0.05) is 12.4 Å². The number of halogens is 1. The molecule has 2 aromatic rings. The lowest BCUT2D eigenvalue weighted by Crippen LogP contribution is -2.14. The van der Waals surface area contributed by atoms with E-state index in [-0.39, 0.29) is 15.9 Å². The normalized spacial score (nSPS) is 11.2. The molecule has 0 amide bonds. The SMILES string of the molecule is Cc1ccc(NS(=O)(=O)c2cccnc2Cl)nc1. The van der Waals surface area contributed by atoms with E-state index in [2.05, 4.69) is 14.7 Å². The van der Waals surface area contributed by atoms with Crippen molar-refractivity contribution in [3.05, 3.63) is 47.4 Å². The largest absolute Gasteiger partial charge is 0.266 e. The minimum atomic E-state index is -3.76. The summed E-state index contributed by atoms with van der Waals surface area (Å²) in [7, 11) is -3.76. The first-order chi connectivity index (χ1) is 8.49. The van der Waals surface area contributed by atoms with E-state index in [1.165, 1.54) is 18.3 Å². The van der Waals surface area contributed by atoms with Gasteiger partial charge in [-0.15, -0.1) is 0 Å². The molecule has 5 nitrogen and oxygen atoms in total. The number of aryl methyl sites for hydroxylation is 1. The van der Waals surface area contributed by atoms with E-state index in [1.54, 1.807) is 18.3 Å². The van der Waals surface area contributed by atoms with Crippen molar-refractivity contribution in [2.75, 3.05) is 4.72 Å². The second-order valence-electron chi connectivity index (χ2n) is 3.62. The summed E-state index contributed by atoms with van der Waals surface area (Å²) >= 11 is 5.75. The maximum atomic E-state index is 12.0. The third-order valence-corrected chi connectivity index (χ3v) is 3.96. The van der Waals surface area contributed by atoms with Crippen LogP contribution in [0.5, 0.6) is 0 Å². The van der Waals surface area contributed by atoms with Gasteiger partial charge in [0.15, 0.2) is 0 Å². The van der Waals surface area contributed by atoms with Gasteiger partial charge in [0.1, 0.15) is 15.9 Å². The molecule has 7 heteroatoms. The molecule has 0 atom stereocenters. The molecule has 2 heterocycles. The molecule has 0 aliphatic rings. The molecule has 2 rings (SSSR count). The zero-order valence-corrected chi connectivity index (χ0v) is 11.0. The maximum Gasteiger partial charge on any atom is 0.266 e. The predicted octanol–water partition coefficient (Wildman–Crippen LogP) is 2.24. The minimum Gasteiger partial charge on any atom is -0.263 e. The summed E-state index contributed by atoms with van der Waals surface area (Å²) in [6, 6.07) is 6.22. The van der Waals surface area contributed by atoms with Crippen molar-refractivity contribution in [3.8, 4) is 0 Å². The molecule has 0 aliphatic carbocycles. The van der Waals surface area contributed by atoms with Gasteiger partial charge in [-0.3, -0.25) is 4.72 Å². The topological polar surface area (TPSA) is 72.0 Å². The number of hydrogen-bond acceptors (Lipinski definition) is 4. The summed E-state index contributed by atoms with van der Waals surface area (Å²) in [6.07, 6.45) is 2.99. The van der Waals surface area contributed by atoms with Crippen LogP contribution in [0.3, 0.4) is 0 Å². The Bertz CT molecular complexity index is 656. The first-order valence-corrected chi connectivity index (χ1v) is 6.91. The van der Waals surface area contributed by atoms with Crippen LogP contribution in [0.4, 0.5) is 5.82 Å². The molecule has 2 aromatic heterocycles. The number of aromatic nitrogens is 2. The van der Waals surface area contributed by atoms with Gasteiger partial charge in [-0.25, -0.2) is 18.4 Å². The fourth-order valence-electron chi connectivity index (χ4n) is 1.29. The highest BCUT2D eigenvalue weighted by Gasteiger charge is 2.18. The van der Waals surface area contributed by atoms with Gasteiger partial charge in [0.25, 0.3) is 10.0 Å². The molecule has 0 spiro atoms. The van der Waals surface area contributed by atoms with Crippen LogP contribution in [0, 0.1) is 6.92 Å². The van der Waals surface area contributed by atoms with Crippen LogP contribution in [-0.4, -0.2) is 18.4 Å². The zero-order chi connectivity index (χ0) is 13.2. The average molecular weight is 284 g/mol. The Morgan fingerprint density at radius 3 is 2.61 bits per heavy atom. The average Bonchev–Trinajstić information content (AvgIpc) is 2.32. The van der Waals surface area contributed by atoms with Crippen LogP contribution in [0.2, 0.25) is 5.15 Å². The van der Waals surface area contributed by atoms with Crippen molar-refractivity contribution in [2.24, 2.45) is 0 Å². The second-order valence-corrected chi connectivity index (χ2v) is 5.63. The molecule has 1 N–H and O–H groups in total. The molecule has 0 fully saturated rings. The lowest BCUT2D eigenvalue weighted by molar-refractivity contribution is 0.600. The van der Waals surface area contributed by atoms with Crippen LogP contribution in [0.25, 0.3) is 0 Å². The van der Waals surface area contributed by atoms with Crippen LogP contribution in [0.15, 0.2) is 41.6 Å². The standard InChI is InChI=1S/C11H10ClN3O2S/c1-8-4-5-10(14-7-8)15-18(16,17)9-3-2-6-13-11(9)12/h2-7H,1H3,(H,14,15). The third kappa shape index (κ3) is 2.77. The number of hydrogen-bond donors (Lipinski definition) is 1. The molecule has 0 bridgehead atoms. The molecule has 0 saturated heterocycles. The fourth-order valence-corrected chi connectivity index (χ4v) is 2.75. The van der Waals surface area contributed by atoms with Crippen molar-refractivity contribution < 1.29 is 8.42 Å². The first kappa shape index (κ1) is 12.8. The molecule has 0 unspecified atom stereocenters. The van der Waals surface area contributed by atoms with Crippen molar-refractivity contribution in [3.63, 3.8) is 0 Å². The van der Waals surface area contributed by atoms with E-state index >= 15 is 0 Å². The van der Waals surface area contributed by atoms with Gasteiger partial charge < -0.3 is 0 Å². The molecular weight excluding hydrogens is 274 g/mol. The Kier molecular flexibility index (Phi) is 3.49. The molecule has 18 heavy (non-hydrogen) atoms. The van der Waals surface area contributed by atoms with E-state index in [1.807, 2.05) is 6.92 Å². The van der Waals surface area contributed by atoms with E-state index in [4.69, 9.17) is 11.6 Å². The van der Waals surface area contributed by atoms with Crippen molar-refractivity contribution in [2.45, 2.75) is 11.8 Å². The fraction of sp³-hybridized carbons (Fsp3) is 0.0909. The number of sulfonamides is 1. The van der Waals surface area contributed by atoms with E-state index < -0.39 is 10.0 Å². The summed E-state index contributed by atoms with van der Waals surface area (Å²) < 4.78 is 26.4. The number of nitrogens with zero attached hydrogens (tertiary/aromatic N) is 2. The van der Waals surface area contributed by atoms with Crippen LogP contribution in [-0.2, 0) is 10.0 Å². The number of pyridine rings is 2. The van der Waals surface area contributed by atoms with Crippen molar-refractivity contribution in [1.82, 2.24) is 9.97 Å². The van der Waals surface area contributed by atoms with Gasteiger partial charge >= 0.3 is 0 Å². The maximum absolute atomic E-state index is 12.0.